The smallest absolute Gasteiger partial charge is 0.308 e. The molecule has 0 aromatic heterocycles. The molecule has 0 amide bonds. The number of rotatable bonds is 4. The topological polar surface area (TPSA) is 52.6 Å². The van der Waals surface area contributed by atoms with Gasteiger partial charge in [0.25, 0.3) is 0 Å². The Morgan fingerprint density at radius 2 is 1.73 bits per heavy atom. The largest absolute Gasteiger partial charge is 0.497 e. The van der Waals surface area contributed by atoms with Crippen molar-refractivity contribution < 1.29 is 19.1 Å². The van der Waals surface area contributed by atoms with E-state index in [1.165, 1.54) is 7.11 Å². The lowest BCUT2D eigenvalue weighted by molar-refractivity contribution is -0.150. The normalized spacial score (nSPS) is 28.0. The van der Waals surface area contributed by atoms with Gasteiger partial charge in [0, 0.05) is 5.92 Å². The zero-order valence-corrected chi connectivity index (χ0v) is 13.7. The molecule has 0 radical (unpaired) electrons. The number of esters is 1. The summed E-state index contributed by atoms with van der Waals surface area (Å²) < 4.78 is 10.1. The van der Waals surface area contributed by atoms with Crippen LogP contribution in [-0.4, -0.2) is 26.0 Å². The Kier molecular flexibility index (Phi) is 5.22. The Bertz CT molecular complexity index is 535. The summed E-state index contributed by atoms with van der Waals surface area (Å²) >= 11 is 0. The number of carbonyl (C=O) groups excluding carboxylic acids is 2. The van der Waals surface area contributed by atoms with Crippen molar-refractivity contribution in [3.63, 3.8) is 0 Å². The third-order valence-corrected chi connectivity index (χ3v) is 4.94. The summed E-state index contributed by atoms with van der Waals surface area (Å²) in [6.45, 7) is 3.61. The van der Waals surface area contributed by atoms with E-state index in [1.54, 1.807) is 14.0 Å². The highest BCUT2D eigenvalue weighted by Gasteiger charge is 2.43. The van der Waals surface area contributed by atoms with Gasteiger partial charge in [0.15, 0.2) is 0 Å². The minimum atomic E-state index is -0.202. The Hall–Kier alpha value is -1.84. The van der Waals surface area contributed by atoms with Gasteiger partial charge in [-0.2, -0.15) is 0 Å². The SMILES string of the molecule is COC(=O)[C@@H]1CC[C@H](c2ccc(OC)cc2)[C@H](C(C)=O)[C@@H]1C. The maximum absolute atomic E-state index is 12.2. The highest BCUT2D eigenvalue weighted by molar-refractivity contribution is 5.82. The van der Waals surface area contributed by atoms with Crippen LogP contribution >= 0.6 is 0 Å². The molecule has 1 saturated carbocycles. The minimum Gasteiger partial charge on any atom is -0.497 e. The minimum absolute atomic E-state index is 0.00852. The summed E-state index contributed by atoms with van der Waals surface area (Å²) in [5, 5.41) is 0. The fourth-order valence-electron chi connectivity index (χ4n) is 3.78. The van der Waals surface area contributed by atoms with Crippen molar-refractivity contribution in [2.75, 3.05) is 14.2 Å². The summed E-state index contributed by atoms with van der Waals surface area (Å²) in [5.41, 5.74) is 1.14. The van der Waals surface area contributed by atoms with Crippen molar-refractivity contribution in [2.45, 2.75) is 32.6 Å². The van der Waals surface area contributed by atoms with Gasteiger partial charge in [-0.1, -0.05) is 19.1 Å². The molecule has 1 aliphatic rings. The molecular weight excluding hydrogens is 280 g/mol. The third-order valence-electron chi connectivity index (χ3n) is 4.94. The molecule has 120 valence electrons. The average molecular weight is 304 g/mol. The predicted octanol–water partition coefficient (Wildman–Crippen LogP) is 3.20. The summed E-state index contributed by atoms with van der Waals surface area (Å²) in [6, 6.07) is 7.88. The predicted molar refractivity (Wildman–Crippen MR) is 83.8 cm³/mol. The Balaban J connectivity index is 2.27. The summed E-state index contributed by atoms with van der Waals surface area (Å²) in [4.78, 5) is 24.1. The standard InChI is InChI=1S/C18H24O4/c1-11-15(18(20)22-4)9-10-16(17(11)12(2)19)13-5-7-14(21-3)8-6-13/h5-8,11,15-17H,9-10H2,1-4H3/t11-,15-,16-,17+/m1/s1. The highest BCUT2D eigenvalue weighted by Crippen LogP contribution is 2.45. The van der Waals surface area contributed by atoms with Gasteiger partial charge < -0.3 is 9.47 Å². The van der Waals surface area contributed by atoms with Gasteiger partial charge in [-0.05, 0) is 49.3 Å². The Labute approximate surface area is 131 Å². The second-order valence-corrected chi connectivity index (χ2v) is 6.08. The maximum atomic E-state index is 12.2. The van der Waals surface area contributed by atoms with Crippen LogP contribution in [0.3, 0.4) is 0 Å². The van der Waals surface area contributed by atoms with E-state index >= 15 is 0 Å². The van der Waals surface area contributed by atoms with Crippen molar-refractivity contribution in [2.24, 2.45) is 17.8 Å². The maximum Gasteiger partial charge on any atom is 0.308 e. The van der Waals surface area contributed by atoms with Crippen LogP contribution in [0.5, 0.6) is 5.75 Å². The fourth-order valence-corrected chi connectivity index (χ4v) is 3.78. The van der Waals surface area contributed by atoms with Crippen LogP contribution < -0.4 is 4.74 Å². The summed E-state index contributed by atoms with van der Waals surface area (Å²) in [6.07, 6.45) is 1.58. The monoisotopic (exact) mass is 304 g/mol. The zero-order chi connectivity index (χ0) is 16.3. The van der Waals surface area contributed by atoms with Gasteiger partial charge in [0.05, 0.1) is 20.1 Å². The summed E-state index contributed by atoms with van der Waals surface area (Å²) in [7, 11) is 3.05. The number of methoxy groups -OCH3 is 2. The molecule has 0 unspecified atom stereocenters. The molecule has 22 heavy (non-hydrogen) atoms. The third kappa shape index (κ3) is 3.16. The number of ketones is 1. The lowest BCUT2D eigenvalue weighted by Gasteiger charge is -2.39. The van der Waals surface area contributed by atoms with Gasteiger partial charge >= 0.3 is 5.97 Å². The lowest BCUT2D eigenvalue weighted by atomic mass is 9.64. The van der Waals surface area contributed by atoms with E-state index in [-0.39, 0.29) is 35.4 Å². The number of carbonyl (C=O) groups is 2. The quantitative estimate of drug-likeness (QED) is 0.802. The van der Waals surface area contributed by atoms with E-state index in [2.05, 4.69) is 0 Å². The van der Waals surface area contributed by atoms with E-state index in [4.69, 9.17) is 9.47 Å². The molecule has 4 heteroatoms. The Morgan fingerprint density at radius 3 is 2.23 bits per heavy atom. The van der Waals surface area contributed by atoms with E-state index in [0.29, 0.717) is 0 Å². The van der Waals surface area contributed by atoms with Gasteiger partial charge in [-0.3, -0.25) is 9.59 Å². The highest BCUT2D eigenvalue weighted by atomic mass is 16.5. The van der Waals surface area contributed by atoms with E-state index in [9.17, 15) is 9.59 Å². The molecule has 4 atom stereocenters. The average Bonchev–Trinajstić information content (AvgIpc) is 2.53. The molecule has 4 nitrogen and oxygen atoms in total. The van der Waals surface area contributed by atoms with Gasteiger partial charge in [-0.15, -0.1) is 0 Å². The van der Waals surface area contributed by atoms with Crippen molar-refractivity contribution in [1.29, 1.82) is 0 Å². The van der Waals surface area contributed by atoms with Crippen LogP contribution in [0.1, 0.15) is 38.2 Å². The molecule has 0 bridgehead atoms. The number of Topliss-reactive ketones (excluding diaryl/α,β-unsaturated/α-hetero) is 1. The molecule has 2 rings (SSSR count). The molecule has 1 aliphatic carbocycles. The first-order chi connectivity index (χ1) is 10.5. The van der Waals surface area contributed by atoms with Crippen LogP contribution in [0, 0.1) is 17.8 Å². The van der Waals surface area contributed by atoms with Crippen LogP contribution in [0.25, 0.3) is 0 Å². The first-order valence-corrected chi connectivity index (χ1v) is 7.71. The molecule has 0 saturated heterocycles. The zero-order valence-electron chi connectivity index (χ0n) is 13.7. The molecule has 0 spiro atoms. The number of hydrogen-bond donors (Lipinski definition) is 0. The second-order valence-electron chi connectivity index (χ2n) is 6.08. The van der Waals surface area contributed by atoms with Crippen molar-refractivity contribution in [3.05, 3.63) is 29.8 Å². The van der Waals surface area contributed by atoms with Crippen molar-refractivity contribution in [3.8, 4) is 5.75 Å². The molecule has 1 fully saturated rings. The first-order valence-electron chi connectivity index (χ1n) is 7.71. The molecule has 1 aromatic rings. The molecule has 0 aliphatic heterocycles. The van der Waals surface area contributed by atoms with E-state index in [0.717, 1.165) is 24.2 Å². The molecule has 0 N–H and O–H groups in total. The molecule has 0 heterocycles. The summed E-state index contributed by atoms with van der Waals surface area (Å²) in [5.74, 6) is 0.554. The van der Waals surface area contributed by atoms with Gasteiger partial charge in [0.2, 0.25) is 0 Å². The second kappa shape index (κ2) is 6.95. The van der Waals surface area contributed by atoms with Crippen molar-refractivity contribution in [1.82, 2.24) is 0 Å². The molecule has 1 aromatic carbocycles. The number of benzene rings is 1. The fraction of sp³-hybridized carbons (Fsp3) is 0.556. The Morgan fingerprint density at radius 1 is 1.09 bits per heavy atom. The van der Waals surface area contributed by atoms with Crippen LogP contribution in [0.4, 0.5) is 0 Å². The van der Waals surface area contributed by atoms with Crippen LogP contribution in [0.2, 0.25) is 0 Å². The number of ether oxygens (including phenoxy) is 2. The van der Waals surface area contributed by atoms with E-state index in [1.807, 2.05) is 31.2 Å². The van der Waals surface area contributed by atoms with Gasteiger partial charge in [-0.25, -0.2) is 0 Å². The molecular formula is C18H24O4. The van der Waals surface area contributed by atoms with Crippen LogP contribution in [-0.2, 0) is 14.3 Å². The van der Waals surface area contributed by atoms with Crippen LogP contribution in [0.15, 0.2) is 24.3 Å². The van der Waals surface area contributed by atoms with Crippen molar-refractivity contribution >= 4 is 11.8 Å². The van der Waals surface area contributed by atoms with Gasteiger partial charge in [0.1, 0.15) is 11.5 Å². The van der Waals surface area contributed by atoms with E-state index < -0.39 is 0 Å². The first kappa shape index (κ1) is 16.5. The lowest BCUT2D eigenvalue weighted by Crippen LogP contribution is -2.39. The number of hydrogen-bond acceptors (Lipinski definition) is 4.